The Bertz CT molecular complexity index is 4400. The summed E-state index contributed by atoms with van der Waals surface area (Å²) in [5, 5.41) is 37.0. The molecule has 0 radical (unpaired) electrons. The number of likely N-dealkylation sites (tertiary alicyclic amines) is 1. The number of benzene rings is 6. The Morgan fingerprint density at radius 2 is 0.970 bits per heavy atom. The van der Waals surface area contributed by atoms with Crippen molar-refractivity contribution < 1.29 is 45.3 Å². The molecule has 6 aromatic carbocycles. The first-order valence-electron chi connectivity index (χ1n) is 33.1. The molecule has 16 rings (SSSR count). The van der Waals surface area contributed by atoms with Gasteiger partial charge in [-0.2, -0.15) is 10.2 Å². The van der Waals surface area contributed by atoms with Gasteiger partial charge in [-0.25, -0.2) is 19.3 Å². The smallest absolute Gasteiger partial charge is 0.0134 e. The number of amides is 3. The zero-order chi connectivity index (χ0) is 71.5. The van der Waals surface area contributed by atoms with Crippen molar-refractivity contribution in [3.63, 3.8) is 0 Å². The van der Waals surface area contributed by atoms with Crippen LogP contribution in [0.15, 0.2) is 219 Å². The van der Waals surface area contributed by atoms with E-state index in [4.69, 9.17) is 36.9 Å². The first kappa shape index (κ1) is 74.2. The number of ketones is 1. The number of hydrogen-bond donors (Lipinski definition) is 4. The molecule has 10 aromatic rings. The molecule has 3 amide bonds. The second-order valence-corrected chi connectivity index (χ2v) is 34.4. The molecular weight excluding hydrogens is 1550 g/mol. The maximum absolute atomic E-state index is 12.1. The van der Waals surface area contributed by atoms with Crippen LogP contribution in [0.25, 0.3) is 11.6 Å². The zero-order valence-corrected chi connectivity index (χ0v) is 63.0. The number of pyridine rings is 2. The summed E-state index contributed by atoms with van der Waals surface area (Å²) < 4.78 is 4.61. The minimum absolute atomic E-state index is 0.106. The van der Waals surface area contributed by atoms with Crippen LogP contribution in [0.4, 0.5) is 0 Å². The Hall–Kier alpha value is -8.01. The van der Waals surface area contributed by atoms with Crippen LogP contribution >= 0.6 is 57.5 Å². The van der Waals surface area contributed by atoms with E-state index in [0.29, 0.717) is 59.4 Å². The van der Waals surface area contributed by atoms with Gasteiger partial charge in [0.15, 0.2) is 34.4 Å². The number of carbonyl (C=O) groups is 4. The number of hydrogen-bond acceptors (Lipinski definition) is 10. The topological polar surface area (TPSA) is 225 Å². The Labute approximate surface area is 622 Å². The minimum Gasteiger partial charge on any atom is -0.0622 e. The van der Waals surface area contributed by atoms with Gasteiger partial charge in [-0.1, -0.05) is 214 Å². The fourth-order valence-electron chi connectivity index (χ4n) is 13.5. The van der Waals surface area contributed by atoms with Gasteiger partial charge in [0.1, 0.15) is 0 Å². The monoisotopic (exact) mass is 1620 g/mol. The Kier molecular flexibility index (Phi) is 24.2. The van der Waals surface area contributed by atoms with Crippen LogP contribution in [0.3, 0.4) is 0 Å². The molecule has 0 unspecified atom stereocenters. The first-order valence-corrected chi connectivity index (χ1v) is 40.8. The van der Waals surface area contributed by atoms with Crippen LogP contribution < -0.4 is 43.3 Å². The third-order valence-electron chi connectivity index (χ3n) is 19.3. The fourth-order valence-corrected chi connectivity index (χ4v) is 18.6. The molecule has 0 bridgehead atoms. The Balaban J connectivity index is 0.000000130. The van der Waals surface area contributed by atoms with Crippen molar-refractivity contribution in [2.75, 3.05) is 13.6 Å². The van der Waals surface area contributed by atoms with Crippen molar-refractivity contribution in [3.05, 3.63) is 262 Å². The van der Waals surface area contributed by atoms with E-state index in [1.807, 2.05) is 16.8 Å². The van der Waals surface area contributed by atoms with Gasteiger partial charge in [-0.15, -0.1) is 6.42 Å². The van der Waals surface area contributed by atoms with Gasteiger partial charge in [-0.3, -0.25) is 19.2 Å². The van der Waals surface area contributed by atoms with Crippen LogP contribution in [0.1, 0.15) is 101 Å². The van der Waals surface area contributed by atoms with Crippen molar-refractivity contribution in [1.82, 2.24) is 34.4 Å². The molecule has 5 heterocycles. The summed E-state index contributed by atoms with van der Waals surface area (Å²) in [6, 6.07) is 72.0. The van der Waals surface area contributed by atoms with Crippen LogP contribution in [-0.2, 0) is 51.2 Å². The number of fused-ring (bicyclic) bond motifs is 4. The summed E-state index contributed by atoms with van der Waals surface area (Å²) in [5.74, 6) is 8.70. The van der Waals surface area contributed by atoms with E-state index in [-0.39, 0.29) is 39.5 Å². The van der Waals surface area contributed by atoms with Gasteiger partial charge in [0, 0.05) is 59.1 Å². The number of aromatic nitrogens is 6. The van der Waals surface area contributed by atoms with Crippen molar-refractivity contribution in [2.24, 2.45) is 34.1 Å². The molecule has 101 heavy (non-hydrogen) atoms. The number of likely N-dealkylation sites (N-methyl/N-ethyl adjacent to an activating group) is 1. The maximum atomic E-state index is 12.1. The number of aliphatic hydroxyl groups is 2. The summed E-state index contributed by atoms with van der Waals surface area (Å²) in [6.07, 6.45) is 16.0. The van der Waals surface area contributed by atoms with Gasteiger partial charge in [-0.05, 0) is 169 Å². The second kappa shape index (κ2) is 33.0. The normalized spacial score (nSPS) is 21.3. The van der Waals surface area contributed by atoms with E-state index in [1.54, 1.807) is 36.3 Å². The molecule has 5 aliphatic carbocycles. The van der Waals surface area contributed by atoms with Crippen molar-refractivity contribution in [1.29, 1.82) is 0 Å². The molecule has 21 heteroatoms. The molecule has 1 saturated heterocycles. The number of Topliss-reactive ketones (excluding diaryl/α,β-unsaturated/α-hetero) is 1. The Morgan fingerprint density at radius 3 is 1.29 bits per heavy atom. The molecule has 6 aliphatic rings. The van der Waals surface area contributed by atoms with Crippen LogP contribution in [0.2, 0.25) is 0 Å². The number of terminal acetylenes is 1. The van der Waals surface area contributed by atoms with E-state index in [1.165, 1.54) is 43.1 Å². The van der Waals surface area contributed by atoms with Crippen LogP contribution in [-0.4, -0.2) is 92.9 Å². The predicted octanol–water partition coefficient (Wildman–Crippen LogP) is 10.9. The summed E-state index contributed by atoms with van der Waals surface area (Å²) >= 11 is 2.14. The number of halogens is 3. The molecule has 1 aliphatic heterocycles. The van der Waals surface area contributed by atoms with Crippen molar-refractivity contribution in [3.8, 4) is 35.8 Å². The molecule has 3 saturated carbocycles. The quantitative estimate of drug-likeness (QED) is 0.0438. The molecule has 6 atom stereocenters. The largest absolute Gasteiger partial charge is 0.0622 e. The van der Waals surface area contributed by atoms with Gasteiger partial charge < -0.3 is 26.6 Å². The van der Waals surface area contributed by atoms with E-state index < -0.39 is 38.9 Å². The van der Waals surface area contributed by atoms with E-state index in [2.05, 4.69) is 256 Å². The number of rotatable bonds is 10. The molecule has 6 N–H and O–H groups in total. The molecular formula is C80H76Cl2IN9O6P2Pd. The average molecular weight is 1630 g/mol. The summed E-state index contributed by atoms with van der Waals surface area (Å²) in [5.41, 5.74) is 14.0. The van der Waals surface area contributed by atoms with Crippen LogP contribution in [0.5, 0.6) is 0 Å². The summed E-state index contributed by atoms with van der Waals surface area (Å²) in [7, 11) is 10.4. The number of carbonyl (C=O) groups excluding carboxylic acids is 4. The third-order valence-corrected chi connectivity index (χ3v) is 24.9. The van der Waals surface area contributed by atoms with E-state index >= 15 is 0 Å². The van der Waals surface area contributed by atoms with Crippen LogP contribution in [0, 0.1) is 50.4 Å². The number of primary amides is 2. The average Bonchev–Trinajstić information content (AvgIpc) is 1.58. The van der Waals surface area contributed by atoms with Gasteiger partial charge in [0.05, 0.1) is 11.4 Å². The van der Waals surface area contributed by atoms with Crippen molar-refractivity contribution in [2.45, 2.75) is 89.3 Å². The molecule has 4 aromatic heterocycles. The molecule has 15 nitrogen and oxygen atoms in total. The summed E-state index contributed by atoms with van der Waals surface area (Å²) in [4.78, 5) is 56.8. The number of nitrogens with zero attached hydrogens (tertiary/aromatic N) is 7. The third kappa shape index (κ3) is 17.6. The zero-order valence-electron chi connectivity index (χ0n) is 56.0. The van der Waals surface area contributed by atoms with Gasteiger partial charge in [0.25, 0.3) is 17.7 Å². The first-order chi connectivity index (χ1) is 48.7. The molecule has 0 spiro atoms. The Morgan fingerprint density at radius 1 is 0.594 bits per heavy atom. The predicted molar refractivity (Wildman–Crippen MR) is 408 cm³/mol. The fraction of sp³-hybridized carbons (Fsp3) is 0.250. The second-order valence-electron chi connectivity index (χ2n) is 26.3. The SMILES string of the molecule is C#C[C@]1(O)CCCC1=O.CN1CC[C@@](O)(C#Cc2ccnc(-n3nc(C(N)=O)c4c3C[C@]3(C)C[C@@H]3C4)c2)C1=O.C[C@]12Cc3c(c(C(N)=O)nn3-c3cc(I)ccn3)C[C@H]1C2.[Cl][Pd][Cl].c1ccc(P(c2ccccc2)c2ccccc2)cc1.c1ccc(P(c2ccccc2)c2ccccc2)cc1. The van der Waals surface area contributed by atoms with E-state index in [9.17, 15) is 29.4 Å². The minimum atomic E-state index is -1.65. The van der Waals surface area contributed by atoms with Crippen molar-refractivity contribution >= 4 is 113 Å². The molecule has 518 valence electrons. The standard InChI is InChI=1S/C22H23N5O3.2C18H15P.C15H15IN4O.C7H8O2.2ClH.Pd/c1-21-11-14(21)10-15-16(12-21)27(25-18(15)19(23)28)17-9-13(4-7-24-17)3-5-22(30)6-8-26(2)20(22)29;2*1-4-10-16(11-5-1)19(17-12-6-2-7-13-17)18-14-8-3-9-15-18;1-15-6-8(15)4-10-11(7-15)20(19-13(10)14(17)21)12-5-9(16)2-3-18-12;1-2-7(9)5-3-4-6(7)8;;;/h4,7,9,14,30H,6,8,10-12H2,1-2H3,(H2,23,28);2*1-15H;2-3,5,8H,4,6-7H2,1H3,(H2,17,21);1,9H,3-5H2;2*1H;/q;;;;;;;+2/p-2/t14-,21-,22-;;;8-,15-;7-;;;/m0..00.../s1. The van der Waals surface area contributed by atoms with Gasteiger partial charge in [0.2, 0.25) is 5.60 Å². The van der Waals surface area contributed by atoms with Gasteiger partial charge >= 0.3 is 35.0 Å². The maximum Gasteiger partial charge on any atom is -0.0134 e. The number of nitrogens with two attached hydrogens (primary N) is 2. The van der Waals surface area contributed by atoms with E-state index in [0.717, 1.165) is 70.4 Å². The summed E-state index contributed by atoms with van der Waals surface area (Å²) in [6.45, 7) is 5.04. The molecule has 4 fully saturated rings.